The van der Waals surface area contributed by atoms with Crippen LogP contribution in [0, 0.1) is 13.8 Å². The molecule has 5 heteroatoms. The first-order valence-corrected chi connectivity index (χ1v) is 7.24. The summed E-state index contributed by atoms with van der Waals surface area (Å²) < 4.78 is 6.31. The summed E-state index contributed by atoms with van der Waals surface area (Å²) >= 11 is 3.43. The second-order valence-corrected chi connectivity index (χ2v) is 5.80. The van der Waals surface area contributed by atoms with E-state index in [1.54, 1.807) is 6.07 Å². The normalized spacial score (nSPS) is 10.8. The van der Waals surface area contributed by atoms with E-state index in [-0.39, 0.29) is 5.75 Å². The minimum Gasteiger partial charge on any atom is -0.508 e. The molecule has 1 N–H and O–H groups in total. The zero-order valence-electron chi connectivity index (χ0n) is 11.6. The van der Waals surface area contributed by atoms with Gasteiger partial charge in [-0.1, -0.05) is 27.2 Å². The molecule has 3 rings (SSSR count). The van der Waals surface area contributed by atoms with Crippen LogP contribution in [0.4, 0.5) is 0 Å². The Hall–Kier alpha value is -2.14. The van der Waals surface area contributed by atoms with Crippen LogP contribution in [0.2, 0.25) is 0 Å². The van der Waals surface area contributed by atoms with Crippen molar-refractivity contribution in [1.82, 2.24) is 10.1 Å². The number of rotatable bonds is 2. The highest BCUT2D eigenvalue weighted by Gasteiger charge is 2.13. The molecule has 0 aliphatic heterocycles. The zero-order chi connectivity index (χ0) is 15.0. The first-order valence-electron chi connectivity index (χ1n) is 6.45. The highest BCUT2D eigenvalue weighted by atomic mass is 79.9. The Bertz CT molecular complexity index is 812. The SMILES string of the molecule is Cc1ccc(-c2nc(-c3ccc(Br)cc3C)no2)cc1O. The van der Waals surface area contributed by atoms with E-state index in [4.69, 9.17) is 4.52 Å². The number of aromatic hydroxyl groups is 1. The summed E-state index contributed by atoms with van der Waals surface area (Å²) in [6, 6.07) is 11.2. The molecule has 1 aromatic heterocycles. The quantitative estimate of drug-likeness (QED) is 0.744. The lowest BCUT2D eigenvalue weighted by Gasteiger charge is -2.01. The fourth-order valence-electron chi connectivity index (χ4n) is 2.07. The van der Waals surface area contributed by atoms with Crippen LogP contribution in [0.1, 0.15) is 11.1 Å². The molecule has 0 saturated heterocycles. The van der Waals surface area contributed by atoms with Crippen molar-refractivity contribution < 1.29 is 9.63 Å². The summed E-state index contributed by atoms with van der Waals surface area (Å²) in [6.45, 7) is 3.83. The summed E-state index contributed by atoms with van der Waals surface area (Å²) in [7, 11) is 0. The highest BCUT2D eigenvalue weighted by Crippen LogP contribution is 2.28. The van der Waals surface area contributed by atoms with E-state index in [2.05, 4.69) is 26.1 Å². The molecule has 21 heavy (non-hydrogen) atoms. The molecule has 0 amide bonds. The number of phenols is 1. The fraction of sp³-hybridized carbons (Fsp3) is 0.125. The van der Waals surface area contributed by atoms with Crippen molar-refractivity contribution in [3.63, 3.8) is 0 Å². The second-order valence-electron chi connectivity index (χ2n) is 4.88. The van der Waals surface area contributed by atoms with Crippen molar-refractivity contribution in [1.29, 1.82) is 0 Å². The Morgan fingerprint density at radius 1 is 1.05 bits per heavy atom. The second kappa shape index (κ2) is 5.33. The molecule has 0 atom stereocenters. The van der Waals surface area contributed by atoms with Gasteiger partial charge in [0.1, 0.15) is 5.75 Å². The summed E-state index contributed by atoms with van der Waals surface area (Å²) in [5.74, 6) is 1.14. The average Bonchev–Trinajstić information content (AvgIpc) is 2.91. The van der Waals surface area contributed by atoms with Gasteiger partial charge in [-0.15, -0.1) is 0 Å². The molecule has 106 valence electrons. The number of benzene rings is 2. The number of aryl methyl sites for hydroxylation is 2. The lowest BCUT2D eigenvalue weighted by atomic mass is 10.1. The van der Waals surface area contributed by atoms with Crippen LogP contribution in [0.5, 0.6) is 5.75 Å². The molecular weight excluding hydrogens is 332 g/mol. The largest absolute Gasteiger partial charge is 0.508 e. The average molecular weight is 345 g/mol. The van der Waals surface area contributed by atoms with E-state index in [0.717, 1.165) is 21.2 Å². The molecule has 0 aliphatic rings. The minimum absolute atomic E-state index is 0.215. The van der Waals surface area contributed by atoms with Gasteiger partial charge in [0.25, 0.3) is 5.89 Å². The van der Waals surface area contributed by atoms with Gasteiger partial charge in [0.15, 0.2) is 0 Å². The van der Waals surface area contributed by atoms with Gasteiger partial charge in [-0.05, 0) is 55.3 Å². The van der Waals surface area contributed by atoms with E-state index in [1.807, 2.05) is 44.2 Å². The third-order valence-corrected chi connectivity index (χ3v) is 3.80. The lowest BCUT2D eigenvalue weighted by molar-refractivity contribution is 0.431. The lowest BCUT2D eigenvalue weighted by Crippen LogP contribution is -1.86. The van der Waals surface area contributed by atoms with Gasteiger partial charge in [-0.25, -0.2) is 0 Å². The number of phenolic OH excluding ortho intramolecular Hbond substituents is 1. The Labute approximate surface area is 130 Å². The Morgan fingerprint density at radius 3 is 2.57 bits per heavy atom. The molecule has 0 bridgehead atoms. The maximum Gasteiger partial charge on any atom is 0.258 e. The molecule has 2 aromatic carbocycles. The smallest absolute Gasteiger partial charge is 0.258 e. The summed E-state index contributed by atoms with van der Waals surface area (Å²) in [6.07, 6.45) is 0. The van der Waals surface area contributed by atoms with E-state index >= 15 is 0 Å². The highest BCUT2D eigenvalue weighted by molar-refractivity contribution is 9.10. The van der Waals surface area contributed by atoms with E-state index < -0.39 is 0 Å². The Morgan fingerprint density at radius 2 is 1.86 bits per heavy atom. The van der Waals surface area contributed by atoms with Crippen molar-refractivity contribution in [2.45, 2.75) is 13.8 Å². The number of aromatic nitrogens is 2. The third-order valence-electron chi connectivity index (χ3n) is 3.31. The minimum atomic E-state index is 0.215. The van der Waals surface area contributed by atoms with Gasteiger partial charge in [0.2, 0.25) is 5.82 Å². The Balaban J connectivity index is 2.01. The van der Waals surface area contributed by atoms with Gasteiger partial charge in [-0.3, -0.25) is 0 Å². The van der Waals surface area contributed by atoms with E-state index in [9.17, 15) is 5.11 Å². The first kappa shape index (κ1) is 13.8. The fourth-order valence-corrected chi connectivity index (χ4v) is 2.55. The molecule has 0 unspecified atom stereocenters. The van der Waals surface area contributed by atoms with Crippen LogP contribution in [0.15, 0.2) is 45.4 Å². The molecule has 0 saturated carbocycles. The van der Waals surface area contributed by atoms with Crippen molar-refractivity contribution >= 4 is 15.9 Å². The maximum atomic E-state index is 9.76. The third kappa shape index (κ3) is 2.69. The molecule has 0 aliphatic carbocycles. The van der Waals surface area contributed by atoms with Gasteiger partial charge < -0.3 is 9.63 Å². The van der Waals surface area contributed by atoms with Crippen LogP contribution in [0.25, 0.3) is 22.8 Å². The van der Waals surface area contributed by atoms with Crippen LogP contribution in [-0.4, -0.2) is 15.2 Å². The van der Waals surface area contributed by atoms with Gasteiger partial charge in [0.05, 0.1) is 0 Å². The van der Waals surface area contributed by atoms with E-state index in [1.165, 1.54) is 0 Å². The number of hydrogen-bond acceptors (Lipinski definition) is 4. The summed E-state index contributed by atoms with van der Waals surface area (Å²) in [5.41, 5.74) is 3.49. The van der Waals surface area contributed by atoms with Crippen molar-refractivity contribution in [3.8, 4) is 28.6 Å². The molecule has 0 radical (unpaired) electrons. The van der Waals surface area contributed by atoms with Gasteiger partial charge in [-0.2, -0.15) is 4.98 Å². The number of hydrogen-bond donors (Lipinski definition) is 1. The van der Waals surface area contributed by atoms with Crippen molar-refractivity contribution in [2.24, 2.45) is 0 Å². The molecule has 3 aromatic rings. The molecule has 1 heterocycles. The topological polar surface area (TPSA) is 59.2 Å². The molecule has 0 fully saturated rings. The number of nitrogens with zero attached hydrogens (tertiary/aromatic N) is 2. The van der Waals surface area contributed by atoms with E-state index in [0.29, 0.717) is 17.3 Å². The maximum absolute atomic E-state index is 9.76. The summed E-state index contributed by atoms with van der Waals surface area (Å²) in [5, 5.41) is 13.8. The van der Waals surface area contributed by atoms with Gasteiger partial charge >= 0.3 is 0 Å². The predicted octanol–water partition coefficient (Wildman–Crippen LogP) is 4.49. The van der Waals surface area contributed by atoms with Crippen LogP contribution < -0.4 is 0 Å². The zero-order valence-corrected chi connectivity index (χ0v) is 13.2. The first-order chi connectivity index (χ1) is 10.0. The monoisotopic (exact) mass is 344 g/mol. The van der Waals surface area contributed by atoms with Crippen molar-refractivity contribution in [2.75, 3.05) is 0 Å². The number of halogens is 1. The molecular formula is C16H13BrN2O2. The van der Waals surface area contributed by atoms with Gasteiger partial charge in [0, 0.05) is 15.6 Å². The van der Waals surface area contributed by atoms with Crippen LogP contribution >= 0.6 is 15.9 Å². The summed E-state index contributed by atoms with van der Waals surface area (Å²) in [4.78, 5) is 4.41. The van der Waals surface area contributed by atoms with Crippen molar-refractivity contribution in [3.05, 3.63) is 52.0 Å². The predicted molar refractivity (Wildman–Crippen MR) is 84.0 cm³/mol. The standard InChI is InChI=1S/C16H13BrN2O2/c1-9-3-4-11(8-14(9)20)16-18-15(19-21-16)13-6-5-12(17)7-10(13)2/h3-8,20H,1-2H3. The Kier molecular flexibility index (Phi) is 3.51. The van der Waals surface area contributed by atoms with Crippen LogP contribution in [0.3, 0.4) is 0 Å². The molecule has 4 nitrogen and oxygen atoms in total. The van der Waals surface area contributed by atoms with Crippen LogP contribution in [-0.2, 0) is 0 Å². The molecule has 0 spiro atoms.